The van der Waals surface area contributed by atoms with Crippen molar-refractivity contribution in [2.75, 3.05) is 11.9 Å². The van der Waals surface area contributed by atoms with E-state index < -0.39 is 10.8 Å². The zero-order chi connectivity index (χ0) is 14.3. The smallest absolute Gasteiger partial charge is 0.259 e. The van der Waals surface area contributed by atoms with Crippen LogP contribution in [0.4, 0.5) is 5.69 Å². The SMILES string of the molecule is CN1C(=O)c2ccccc2S(=O)c2ccc(C=O)cc21. The lowest BCUT2D eigenvalue weighted by molar-refractivity contribution is 0.0989. The van der Waals surface area contributed by atoms with Gasteiger partial charge in [0.05, 0.1) is 31.8 Å². The third-order valence-corrected chi connectivity index (χ3v) is 4.80. The van der Waals surface area contributed by atoms with Crippen molar-refractivity contribution in [2.24, 2.45) is 0 Å². The van der Waals surface area contributed by atoms with Crippen molar-refractivity contribution in [3.63, 3.8) is 0 Å². The fraction of sp³-hybridized carbons (Fsp3) is 0.0667. The Labute approximate surface area is 118 Å². The van der Waals surface area contributed by atoms with Crippen molar-refractivity contribution in [1.29, 1.82) is 0 Å². The lowest BCUT2D eigenvalue weighted by Gasteiger charge is -2.17. The van der Waals surface area contributed by atoms with Crippen LogP contribution in [-0.2, 0) is 10.8 Å². The Kier molecular flexibility index (Phi) is 2.99. The summed E-state index contributed by atoms with van der Waals surface area (Å²) in [7, 11) is 0.183. The van der Waals surface area contributed by atoms with Gasteiger partial charge in [-0.05, 0) is 24.3 Å². The average Bonchev–Trinajstić information content (AvgIpc) is 2.58. The molecular weight excluding hydrogens is 274 g/mol. The highest BCUT2D eigenvalue weighted by molar-refractivity contribution is 7.85. The molecule has 0 spiro atoms. The molecule has 1 atom stereocenters. The van der Waals surface area contributed by atoms with Crippen LogP contribution in [0, 0.1) is 0 Å². The molecule has 0 aromatic heterocycles. The zero-order valence-corrected chi connectivity index (χ0v) is 11.5. The van der Waals surface area contributed by atoms with Gasteiger partial charge in [0.1, 0.15) is 6.29 Å². The quantitative estimate of drug-likeness (QED) is 0.755. The number of anilines is 1. The van der Waals surface area contributed by atoms with E-state index in [-0.39, 0.29) is 5.91 Å². The molecule has 1 unspecified atom stereocenters. The number of benzene rings is 2. The summed E-state index contributed by atoms with van der Waals surface area (Å²) in [5, 5.41) is 0. The van der Waals surface area contributed by atoms with Crippen LogP contribution in [0.15, 0.2) is 52.3 Å². The molecule has 0 saturated heterocycles. The van der Waals surface area contributed by atoms with Gasteiger partial charge in [-0.25, -0.2) is 4.21 Å². The number of hydrogen-bond donors (Lipinski definition) is 0. The largest absolute Gasteiger partial charge is 0.310 e. The molecule has 5 heteroatoms. The van der Waals surface area contributed by atoms with Crippen molar-refractivity contribution < 1.29 is 13.8 Å². The number of carbonyl (C=O) groups is 2. The number of carbonyl (C=O) groups excluding carboxylic acids is 2. The maximum atomic E-state index is 12.7. The predicted octanol–water partition coefficient (Wildman–Crippen LogP) is 2.26. The van der Waals surface area contributed by atoms with Crippen LogP contribution in [-0.4, -0.2) is 23.4 Å². The van der Waals surface area contributed by atoms with Crippen molar-refractivity contribution in [3.05, 3.63) is 53.6 Å². The summed E-state index contributed by atoms with van der Waals surface area (Å²) in [6.07, 6.45) is 0.708. The molecule has 1 aliphatic heterocycles. The van der Waals surface area contributed by atoms with Gasteiger partial charge in [-0.2, -0.15) is 0 Å². The Hall–Kier alpha value is -2.27. The van der Waals surface area contributed by atoms with Crippen LogP contribution in [0.1, 0.15) is 20.7 Å². The maximum Gasteiger partial charge on any atom is 0.259 e. The van der Waals surface area contributed by atoms with Crippen LogP contribution in [0.25, 0.3) is 0 Å². The minimum Gasteiger partial charge on any atom is -0.310 e. The molecule has 2 aromatic carbocycles. The highest BCUT2D eigenvalue weighted by atomic mass is 32.2. The van der Waals surface area contributed by atoms with Gasteiger partial charge in [0.15, 0.2) is 0 Å². The standard InChI is InChI=1S/C15H11NO3S/c1-16-12-8-10(9-17)6-7-14(12)20(19)13-5-3-2-4-11(13)15(16)18/h2-9H,1H3. The molecule has 1 amide bonds. The first-order valence-corrected chi connectivity index (χ1v) is 7.16. The molecule has 2 aromatic rings. The Morgan fingerprint density at radius 1 is 1.10 bits per heavy atom. The molecule has 0 N–H and O–H groups in total. The Bertz CT molecular complexity index is 755. The summed E-state index contributed by atoms with van der Waals surface area (Å²) in [4.78, 5) is 25.8. The van der Waals surface area contributed by atoms with Gasteiger partial charge in [-0.3, -0.25) is 9.59 Å². The fourth-order valence-corrected chi connectivity index (χ4v) is 3.61. The maximum absolute atomic E-state index is 12.7. The number of aldehydes is 1. The van der Waals surface area contributed by atoms with Crippen molar-refractivity contribution in [2.45, 2.75) is 9.79 Å². The van der Waals surface area contributed by atoms with Crippen LogP contribution in [0.5, 0.6) is 0 Å². The lowest BCUT2D eigenvalue weighted by Crippen LogP contribution is -2.26. The average molecular weight is 285 g/mol. The van der Waals surface area contributed by atoms with E-state index in [1.807, 2.05) is 0 Å². The highest BCUT2D eigenvalue weighted by Gasteiger charge is 2.28. The van der Waals surface area contributed by atoms with E-state index in [1.165, 1.54) is 4.90 Å². The Morgan fingerprint density at radius 3 is 2.60 bits per heavy atom. The first-order chi connectivity index (χ1) is 9.63. The van der Waals surface area contributed by atoms with Crippen LogP contribution < -0.4 is 4.90 Å². The molecule has 3 rings (SSSR count). The Morgan fingerprint density at radius 2 is 1.85 bits per heavy atom. The van der Waals surface area contributed by atoms with Gasteiger partial charge >= 0.3 is 0 Å². The molecule has 100 valence electrons. The number of fused-ring (bicyclic) bond motifs is 2. The van der Waals surface area contributed by atoms with E-state index in [2.05, 4.69) is 0 Å². The predicted molar refractivity (Wildman–Crippen MR) is 75.7 cm³/mol. The van der Waals surface area contributed by atoms with Crippen molar-refractivity contribution in [1.82, 2.24) is 0 Å². The summed E-state index contributed by atoms with van der Waals surface area (Å²) < 4.78 is 12.7. The van der Waals surface area contributed by atoms with Gasteiger partial charge in [0, 0.05) is 12.6 Å². The summed E-state index contributed by atoms with van der Waals surface area (Å²) >= 11 is 0. The summed E-state index contributed by atoms with van der Waals surface area (Å²) in [6.45, 7) is 0. The first kappa shape index (κ1) is 12.7. The van der Waals surface area contributed by atoms with Gasteiger partial charge in [0.2, 0.25) is 0 Å². The van der Waals surface area contributed by atoms with E-state index in [1.54, 1.807) is 49.5 Å². The van der Waals surface area contributed by atoms with Gasteiger partial charge in [-0.1, -0.05) is 18.2 Å². The molecule has 20 heavy (non-hydrogen) atoms. The second kappa shape index (κ2) is 4.68. The highest BCUT2D eigenvalue weighted by Crippen LogP contribution is 2.33. The monoisotopic (exact) mass is 285 g/mol. The molecule has 4 nitrogen and oxygen atoms in total. The van der Waals surface area contributed by atoms with E-state index in [9.17, 15) is 13.8 Å². The fourth-order valence-electron chi connectivity index (χ4n) is 2.24. The minimum absolute atomic E-state index is 0.226. The molecule has 1 aliphatic rings. The number of hydrogen-bond acceptors (Lipinski definition) is 3. The minimum atomic E-state index is -1.44. The normalized spacial score (nSPS) is 17.1. The Balaban J connectivity index is 2.31. The van der Waals surface area contributed by atoms with Gasteiger partial charge in [-0.15, -0.1) is 0 Å². The van der Waals surface area contributed by atoms with Crippen molar-refractivity contribution >= 4 is 28.7 Å². The summed E-state index contributed by atoms with van der Waals surface area (Å²) in [6, 6.07) is 11.7. The second-order valence-electron chi connectivity index (χ2n) is 4.47. The number of nitrogens with zero attached hydrogens (tertiary/aromatic N) is 1. The first-order valence-electron chi connectivity index (χ1n) is 6.01. The summed E-state index contributed by atoms with van der Waals surface area (Å²) in [5.74, 6) is -0.226. The van der Waals surface area contributed by atoms with E-state index in [0.29, 0.717) is 32.9 Å². The molecule has 0 radical (unpaired) electrons. The van der Waals surface area contributed by atoms with Crippen LogP contribution in [0.2, 0.25) is 0 Å². The van der Waals surface area contributed by atoms with Gasteiger partial charge < -0.3 is 4.90 Å². The van der Waals surface area contributed by atoms with E-state index >= 15 is 0 Å². The van der Waals surface area contributed by atoms with Crippen LogP contribution in [0.3, 0.4) is 0 Å². The third-order valence-electron chi connectivity index (χ3n) is 3.30. The van der Waals surface area contributed by atoms with Crippen LogP contribution >= 0.6 is 0 Å². The molecule has 0 bridgehead atoms. The number of rotatable bonds is 1. The second-order valence-corrected chi connectivity index (χ2v) is 5.89. The van der Waals surface area contributed by atoms with Gasteiger partial charge in [0.25, 0.3) is 5.91 Å². The summed E-state index contributed by atoms with van der Waals surface area (Å²) in [5.41, 5.74) is 1.39. The van der Waals surface area contributed by atoms with E-state index in [4.69, 9.17) is 0 Å². The lowest BCUT2D eigenvalue weighted by atomic mass is 10.1. The molecule has 0 aliphatic carbocycles. The zero-order valence-electron chi connectivity index (χ0n) is 10.7. The molecule has 0 fully saturated rings. The molecule has 0 saturated carbocycles. The van der Waals surface area contributed by atoms with E-state index in [0.717, 1.165) is 0 Å². The third kappa shape index (κ3) is 1.78. The topological polar surface area (TPSA) is 54.5 Å². The van der Waals surface area contributed by atoms with Crippen molar-refractivity contribution in [3.8, 4) is 0 Å². The number of amides is 1. The molecular formula is C15H11NO3S. The molecule has 1 heterocycles.